The number of aromatic nitrogens is 3. The highest BCUT2D eigenvalue weighted by atomic mass is 32.2. The number of ketones is 1. The topological polar surface area (TPSA) is 92.2 Å². The van der Waals surface area contributed by atoms with Crippen LogP contribution in [0.2, 0.25) is 0 Å². The molecule has 2 heterocycles. The van der Waals surface area contributed by atoms with Gasteiger partial charge in [0.05, 0.1) is 34.5 Å². The molecule has 4 rings (SSSR count). The van der Waals surface area contributed by atoms with Crippen LogP contribution in [-0.2, 0) is 6.54 Å². The number of carbonyl (C=O) groups is 1. The van der Waals surface area contributed by atoms with Gasteiger partial charge in [0.25, 0.3) is 5.69 Å². The number of fused-ring (bicyclic) bond motifs is 1. The van der Waals surface area contributed by atoms with Crippen LogP contribution >= 0.6 is 11.8 Å². The third kappa shape index (κ3) is 4.31. The van der Waals surface area contributed by atoms with Crippen molar-refractivity contribution < 1.29 is 14.5 Å². The molecule has 2 aromatic carbocycles. The van der Waals surface area contributed by atoms with Crippen LogP contribution in [0, 0.1) is 24.0 Å². The summed E-state index contributed by atoms with van der Waals surface area (Å²) < 4.78 is 9.60. The molecule has 0 aliphatic heterocycles. The van der Waals surface area contributed by atoms with Gasteiger partial charge in [0.2, 0.25) is 0 Å². The average Bonchev–Trinajstić information content (AvgIpc) is 3.34. The van der Waals surface area contributed by atoms with Crippen molar-refractivity contribution in [2.24, 2.45) is 0 Å². The minimum Gasteiger partial charge on any atom is -0.495 e. The lowest BCUT2D eigenvalue weighted by Crippen LogP contribution is -2.07. The summed E-state index contributed by atoms with van der Waals surface area (Å²) in [5, 5.41) is 11.9. The Hall–Kier alpha value is -3.59. The molecule has 0 unspecified atom stereocenters. The summed E-state index contributed by atoms with van der Waals surface area (Å²) >= 11 is 1.31. The molecule has 4 aromatic rings. The van der Waals surface area contributed by atoms with Crippen molar-refractivity contribution in [1.82, 2.24) is 14.1 Å². The number of benzene rings is 2. The van der Waals surface area contributed by atoms with Gasteiger partial charge >= 0.3 is 0 Å². The summed E-state index contributed by atoms with van der Waals surface area (Å²) in [4.78, 5) is 28.7. The van der Waals surface area contributed by atoms with Crippen LogP contribution in [0.3, 0.4) is 0 Å². The van der Waals surface area contributed by atoms with Gasteiger partial charge in [-0.05, 0) is 44.5 Å². The maximum atomic E-state index is 13.2. The van der Waals surface area contributed by atoms with Gasteiger partial charge in [-0.1, -0.05) is 30.8 Å². The SMILES string of the molecule is CCCn1c(C)cc(C(=O)CSc2nc3cc([N+](=O)[O-])ccc3n2-c2ccccc2OC)c1C. The Balaban J connectivity index is 1.74. The van der Waals surface area contributed by atoms with Crippen LogP contribution < -0.4 is 4.74 Å². The van der Waals surface area contributed by atoms with Crippen molar-refractivity contribution in [3.05, 3.63) is 75.6 Å². The van der Waals surface area contributed by atoms with E-state index >= 15 is 0 Å². The smallest absolute Gasteiger partial charge is 0.271 e. The molecule has 176 valence electrons. The number of hydrogen-bond acceptors (Lipinski definition) is 6. The van der Waals surface area contributed by atoms with Crippen LogP contribution in [0.15, 0.2) is 53.7 Å². The molecule has 34 heavy (non-hydrogen) atoms. The fourth-order valence-corrected chi connectivity index (χ4v) is 5.07. The first-order valence-corrected chi connectivity index (χ1v) is 12.0. The number of rotatable bonds is 9. The Bertz CT molecular complexity index is 1390. The number of carbonyl (C=O) groups excluding carboxylic acids is 1. The first kappa shape index (κ1) is 23.6. The molecule has 0 bridgehead atoms. The van der Waals surface area contributed by atoms with E-state index in [9.17, 15) is 14.9 Å². The molecule has 0 N–H and O–H groups in total. The second-order valence-corrected chi connectivity index (χ2v) is 8.92. The number of aryl methyl sites for hydroxylation is 1. The second kappa shape index (κ2) is 9.72. The molecule has 8 nitrogen and oxygen atoms in total. The summed E-state index contributed by atoms with van der Waals surface area (Å²) in [6, 6.07) is 14.0. The molecule has 0 aliphatic carbocycles. The van der Waals surface area contributed by atoms with Crippen LogP contribution in [0.25, 0.3) is 16.7 Å². The van der Waals surface area contributed by atoms with Gasteiger partial charge < -0.3 is 9.30 Å². The lowest BCUT2D eigenvalue weighted by atomic mass is 10.2. The molecule has 2 aromatic heterocycles. The summed E-state index contributed by atoms with van der Waals surface area (Å²) in [6.07, 6.45) is 0.994. The minimum atomic E-state index is -0.441. The summed E-state index contributed by atoms with van der Waals surface area (Å²) in [5.41, 5.74) is 4.65. The highest BCUT2D eigenvalue weighted by Gasteiger charge is 2.21. The molecule has 0 saturated carbocycles. The lowest BCUT2D eigenvalue weighted by molar-refractivity contribution is -0.384. The van der Waals surface area contributed by atoms with Crippen molar-refractivity contribution in [2.75, 3.05) is 12.9 Å². The zero-order valence-corrected chi connectivity index (χ0v) is 20.4. The van der Waals surface area contributed by atoms with Gasteiger partial charge in [0.1, 0.15) is 5.75 Å². The standard InChI is InChI=1S/C25H26N4O4S/c1-5-12-27-16(2)13-19(17(27)3)23(30)15-34-25-26-20-14-18(29(31)32)10-11-21(20)28(25)22-8-6-7-9-24(22)33-4/h6-11,13-14H,5,12,15H2,1-4H3. The fourth-order valence-electron chi connectivity index (χ4n) is 4.16. The first-order valence-electron chi connectivity index (χ1n) is 11.0. The molecular formula is C25H26N4O4S. The Morgan fingerprint density at radius 1 is 1.18 bits per heavy atom. The number of Topliss-reactive ketones (excluding diaryl/α,β-unsaturated/α-hetero) is 1. The Morgan fingerprint density at radius 2 is 1.94 bits per heavy atom. The molecule has 0 radical (unpaired) electrons. The zero-order chi connectivity index (χ0) is 24.4. The van der Waals surface area contributed by atoms with Gasteiger partial charge in [-0.2, -0.15) is 0 Å². The molecule has 0 amide bonds. The van der Waals surface area contributed by atoms with Crippen molar-refractivity contribution in [3.8, 4) is 11.4 Å². The molecule has 0 atom stereocenters. The molecule has 0 fully saturated rings. The third-order valence-corrected chi connectivity index (χ3v) is 6.74. The van der Waals surface area contributed by atoms with Gasteiger partial charge in [-0.3, -0.25) is 19.5 Å². The largest absolute Gasteiger partial charge is 0.495 e. The van der Waals surface area contributed by atoms with E-state index in [0.717, 1.165) is 30.0 Å². The van der Waals surface area contributed by atoms with Crippen LogP contribution in [0.5, 0.6) is 5.75 Å². The Labute approximate surface area is 201 Å². The van der Waals surface area contributed by atoms with Gasteiger partial charge in [0, 0.05) is 35.6 Å². The number of methoxy groups -OCH3 is 1. The van der Waals surface area contributed by atoms with E-state index in [1.807, 2.05) is 48.7 Å². The summed E-state index contributed by atoms with van der Waals surface area (Å²) in [6.45, 7) is 6.98. The number of hydrogen-bond donors (Lipinski definition) is 0. The summed E-state index contributed by atoms with van der Waals surface area (Å²) in [7, 11) is 1.59. The lowest BCUT2D eigenvalue weighted by Gasteiger charge is -2.13. The van der Waals surface area contributed by atoms with Gasteiger partial charge in [0.15, 0.2) is 10.9 Å². The molecular weight excluding hydrogens is 452 g/mol. The molecule has 0 aliphatic rings. The number of nitro groups is 1. The van der Waals surface area contributed by atoms with E-state index in [1.54, 1.807) is 13.2 Å². The van der Waals surface area contributed by atoms with Crippen molar-refractivity contribution >= 4 is 34.3 Å². The van der Waals surface area contributed by atoms with Crippen LogP contribution in [-0.4, -0.2) is 37.7 Å². The normalized spacial score (nSPS) is 11.2. The minimum absolute atomic E-state index is 0.0186. The van der Waals surface area contributed by atoms with Crippen molar-refractivity contribution in [1.29, 1.82) is 0 Å². The first-order chi connectivity index (χ1) is 16.3. The predicted octanol–water partition coefficient (Wildman–Crippen LogP) is 5.75. The number of imidazole rings is 1. The fraction of sp³-hybridized carbons (Fsp3) is 0.280. The maximum absolute atomic E-state index is 13.2. The van der Waals surface area contributed by atoms with Crippen LogP contribution in [0.4, 0.5) is 5.69 Å². The highest BCUT2D eigenvalue weighted by molar-refractivity contribution is 7.99. The van der Waals surface area contributed by atoms with Crippen molar-refractivity contribution in [3.63, 3.8) is 0 Å². The zero-order valence-electron chi connectivity index (χ0n) is 19.6. The quantitative estimate of drug-likeness (QED) is 0.132. The van der Waals surface area contributed by atoms with Crippen molar-refractivity contribution in [2.45, 2.75) is 38.9 Å². The van der Waals surface area contributed by atoms with E-state index in [-0.39, 0.29) is 17.2 Å². The second-order valence-electron chi connectivity index (χ2n) is 7.98. The van der Waals surface area contributed by atoms with E-state index < -0.39 is 4.92 Å². The number of ether oxygens (including phenoxy) is 1. The Kier molecular flexibility index (Phi) is 6.74. The third-order valence-electron chi connectivity index (χ3n) is 5.80. The number of thioether (sulfide) groups is 1. The molecule has 0 saturated heterocycles. The maximum Gasteiger partial charge on any atom is 0.271 e. The van der Waals surface area contributed by atoms with Crippen LogP contribution in [0.1, 0.15) is 35.1 Å². The number of non-ortho nitro benzene ring substituents is 1. The van der Waals surface area contributed by atoms with E-state index in [1.165, 1.54) is 23.9 Å². The monoisotopic (exact) mass is 478 g/mol. The van der Waals surface area contributed by atoms with Gasteiger partial charge in [-0.25, -0.2) is 4.98 Å². The van der Waals surface area contributed by atoms with Gasteiger partial charge in [-0.15, -0.1) is 0 Å². The number of nitro benzene ring substituents is 1. The molecule has 0 spiro atoms. The average molecular weight is 479 g/mol. The Morgan fingerprint density at radius 3 is 2.65 bits per heavy atom. The predicted molar refractivity (Wildman–Crippen MR) is 134 cm³/mol. The molecule has 9 heteroatoms. The highest BCUT2D eigenvalue weighted by Crippen LogP contribution is 2.34. The number of nitrogens with zero attached hydrogens (tertiary/aromatic N) is 4. The van der Waals surface area contributed by atoms with E-state index in [2.05, 4.69) is 16.5 Å². The van der Waals surface area contributed by atoms with E-state index in [0.29, 0.717) is 27.5 Å². The van der Waals surface area contributed by atoms with E-state index in [4.69, 9.17) is 4.74 Å². The summed E-state index contributed by atoms with van der Waals surface area (Å²) in [5.74, 6) is 0.846. The number of para-hydroxylation sites is 2.